The van der Waals surface area contributed by atoms with E-state index in [1.807, 2.05) is 55.1 Å². The summed E-state index contributed by atoms with van der Waals surface area (Å²) in [4.78, 5) is 16.8. The molecule has 5 rings (SSSR count). The van der Waals surface area contributed by atoms with Gasteiger partial charge in [0, 0.05) is 18.6 Å². The molecule has 0 aliphatic carbocycles. The molecule has 0 aromatic carbocycles. The molecule has 0 amide bonds. The number of fused-ring (bicyclic) bond motifs is 2. The standard InChI is InChI=1S/C18H15N7/c1-10-20-9-15(25(10)2)12-5-6-13-16(21-12)17(24-23-13)14-8-11-4-3-7-19-18(11)22-14/h3-9H,1-2H3,(H,19,22)(H,23,24). The largest absolute Gasteiger partial charge is 0.338 e. The first-order valence-corrected chi connectivity index (χ1v) is 7.98. The van der Waals surface area contributed by atoms with Crippen molar-refractivity contribution in [2.75, 3.05) is 0 Å². The fourth-order valence-corrected chi connectivity index (χ4v) is 3.05. The molecule has 0 atom stereocenters. The third kappa shape index (κ3) is 2.06. The lowest BCUT2D eigenvalue weighted by Gasteiger charge is -2.03. The second kappa shape index (κ2) is 5.01. The van der Waals surface area contributed by atoms with E-state index in [1.165, 1.54) is 0 Å². The zero-order valence-electron chi connectivity index (χ0n) is 13.8. The van der Waals surface area contributed by atoms with Crippen LogP contribution in [0.1, 0.15) is 5.82 Å². The van der Waals surface area contributed by atoms with Crippen molar-refractivity contribution in [1.29, 1.82) is 0 Å². The summed E-state index contributed by atoms with van der Waals surface area (Å²) in [6.45, 7) is 1.97. The Bertz CT molecular complexity index is 1190. The van der Waals surface area contributed by atoms with Gasteiger partial charge in [-0.25, -0.2) is 15.0 Å². The van der Waals surface area contributed by atoms with Gasteiger partial charge in [0.05, 0.1) is 28.8 Å². The summed E-state index contributed by atoms with van der Waals surface area (Å²) in [7, 11) is 1.99. The van der Waals surface area contributed by atoms with Gasteiger partial charge in [0.25, 0.3) is 0 Å². The Hall–Kier alpha value is -3.48. The molecule has 0 spiro atoms. The number of hydrogen-bond donors (Lipinski definition) is 2. The highest BCUT2D eigenvalue weighted by Gasteiger charge is 2.15. The monoisotopic (exact) mass is 329 g/mol. The summed E-state index contributed by atoms with van der Waals surface area (Å²) in [5.74, 6) is 0.950. The van der Waals surface area contributed by atoms with Crippen molar-refractivity contribution in [2.24, 2.45) is 7.05 Å². The van der Waals surface area contributed by atoms with Gasteiger partial charge in [-0.3, -0.25) is 5.10 Å². The summed E-state index contributed by atoms with van der Waals surface area (Å²) < 4.78 is 2.03. The molecule has 2 N–H and O–H groups in total. The Morgan fingerprint density at radius 1 is 1.12 bits per heavy atom. The van der Waals surface area contributed by atoms with Gasteiger partial charge in [-0.2, -0.15) is 5.10 Å². The molecule has 0 aliphatic rings. The van der Waals surface area contributed by atoms with Gasteiger partial charge in [0.1, 0.15) is 22.7 Å². The molecule has 0 bridgehead atoms. The lowest BCUT2D eigenvalue weighted by atomic mass is 10.2. The highest BCUT2D eigenvalue weighted by Crippen LogP contribution is 2.29. The van der Waals surface area contributed by atoms with Crippen molar-refractivity contribution in [1.82, 2.24) is 34.7 Å². The topological polar surface area (TPSA) is 88.1 Å². The van der Waals surface area contributed by atoms with E-state index >= 15 is 0 Å². The summed E-state index contributed by atoms with van der Waals surface area (Å²) in [6.07, 6.45) is 3.61. The number of imidazole rings is 1. The van der Waals surface area contributed by atoms with Crippen LogP contribution in [0.4, 0.5) is 0 Å². The molecule has 5 aromatic heterocycles. The number of aryl methyl sites for hydroxylation is 1. The smallest absolute Gasteiger partial charge is 0.137 e. The Balaban J connectivity index is 1.71. The van der Waals surface area contributed by atoms with Crippen molar-refractivity contribution >= 4 is 22.1 Å². The van der Waals surface area contributed by atoms with Crippen LogP contribution in [0.3, 0.4) is 0 Å². The maximum Gasteiger partial charge on any atom is 0.137 e. The lowest BCUT2D eigenvalue weighted by Crippen LogP contribution is -1.96. The van der Waals surface area contributed by atoms with Crippen LogP contribution in [-0.4, -0.2) is 34.7 Å². The van der Waals surface area contributed by atoms with Crippen molar-refractivity contribution < 1.29 is 0 Å². The molecule has 122 valence electrons. The molecule has 0 saturated carbocycles. The molecule has 7 heteroatoms. The first-order valence-electron chi connectivity index (χ1n) is 7.98. The van der Waals surface area contributed by atoms with Gasteiger partial charge in [-0.1, -0.05) is 0 Å². The zero-order chi connectivity index (χ0) is 17.0. The predicted octanol–water partition coefficient (Wildman–Crippen LogP) is 3.21. The minimum atomic E-state index is 0.786. The molecule has 5 heterocycles. The van der Waals surface area contributed by atoms with Crippen molar-refractivity contribution in [3.05, 3.63) is 48.5 Å². The average Bonchev–Trinajstić information content (AvgIpc) is 3.31. The second-order valence-electron chi connectivity index (χ2n) is 6.04. The van der Waals surface area contributed by atoms with Gasteiger partial charge in [0.15, 0.2) is 0 Å². The fourth-order valence-electron chi connectivity index (χ4n) is 3.05. The summed E-state index contributed by atoms with van der Waals surface area (Å²) in [6, 6.07) is 9.96. The van der Waals surface area contributed by atoms with Crippen LogP contribution in [0.2, 0.25) is 0 Å². The summed E-state index contributed by atoms with van der Waals surface area (Å²) in [5, 5.41) is 8.56. The van der Waals surface area contributed by atoms with E-state index in [1.54, 1.807) is 6.20 Å². The second-order valence-corrected chi connectivity index (χ2v) is 6.04. The SMILES string of the molecule is Cc1ncc(-c2ccc3[nH]nc(-c4cc5cccnc5[nH]4)c3n2)n1C. The molecular weight excluding hydrogens is 314 g/mol. The number of rotatable bonds is 2. The van der Waals surface area contributed by atoms with Gasteiger partial charge >= 0.3 is 0 Å². The molecule has 0 unspecified atom stereocenters. The van der Waals surface area contributed by atoms with Crippen LogP contribution in [0.5, 0.6) is 0 Å². The van der Waals surface area contributed by atoms with E-state index in [9.17, 15) is 0 Å². The highest BCUT2D eigenvalue weighted by molar-refractivity contribution is 5.93. The van der Waals surface area contributed by atoms with Gasteiger partial charge in [0.2, 0.25) is 0 Å². The third-order valence-electron chi connectivity index (χ3n) is 4.54. The average molecular weight is 329 g/mol. The van der Waals surface area contributed by atoms with Crippen molar-refractivity contribution in [3.63, 3.8) is 0 Å². The number of pyridine rings is 2. The van der Waals surface area contributed by atoms with Crippen LogP contribution >= 0.6 is 0 Å². The zero-order valence-corrected chi connectivity index (χ0v) is 13.8. The molecule has 7 nitrogen and oxygen atoms in total. The maximum atomic E-state index is 4.83. The van der Waals surface area contributed by atoms with Crippen LogP contribution in [0.15, 0.2) is 42.7 Å². The number of nitrogens with one attached hydrogen (secondary N) is 2. The van der Waals surface area contributed by atoms with Crippen LogP contribution in [0.25, 0.3) is 44.8 Å². The number of hydrogen-bond acceptors (Lipinski definition) is 4. The normalized spacial score (nSPS) is 11.6. The minimum Gasteiger partial charge on any atom is -0.338 e. The van der Waals surface area contributed by atoms with Gasteiger partial charge in [-0.05, 0) is 37.3 Å². The van der Waals surface area contributed by atoms with E-state index < -0.39 is 0 Å². The molecule has 0 saturated heterocycles. The van der Waals surface area contributed by atoms with Crippen molar-refractivity contribution in [3.8, 4) is 22.8 Å². The Labute approximate surface area is 142 Å². The van der Waals surface area contributed by atoms with Crippen LogP contribution in [-0.2, 0) is 7.05 Å². The lowest BCUT2D eigenvalue weighted by molar-refractivity contribution is 0.862. The Kier molecular flexibility index (Phi) is 2.79. The van der Waals surface area contributed by atoms with Crippen molar-refractivity contribution in [2.45, 2.75) is 6.92 Å². The Morgan fingerprint density at radius 3 is 2.84 bits per heavy atom. The molecule has 5 aromatic rings. The minimum absolute atomic E-state index is 0.786. The fraction of sp³-hybridized carbons (Fsp3) is 0.111. The van der Waals surface area contributed by atoms with Crippen LogP contribution in [0, 0.1) is 6.92 Å². The quantitative estimate of drug-likeness (QED) is 0.520. The van der Waals surface area contributed by atoms with E-state index in [-0.39, 0.29) is 0 Å². The third-order valence-corrected chi connectivity index (χ3v) is 4.54. The number of aromatic nitrogens is 7. The van der Waals surface area contributed by atoms with E-state index in [2.05, 4.69) is 25.1 Å². The summed E-state index contributed by atoms with van der Waals surface area (Å²) in [5.41, 5.74) is 6.08. The van der Waals surface area contributed by atoms with Gasteiger partial charge in [-0.15, -0.1) is 0 Å². The van der Waals surface area contributed by atoms with E-state index in [4.69, 9.17) is 4.98 Å². The first kappa shape index (κ1) is 13.9. The number of nitrogens with zero attached hydrogens (tertiary/aromatic N) is 5. The van der Waals surface area contributed by atoms with E-state index in [0.717, 1.165) is 50.7 Å². The number of aromatic amines is 2. The number of H-pyrrole nitrogens is 2. The molecule has 0 radical (unpaired) electrons. The highest BCUT2D eigenvalue weighted by atomic mass is 15.1. The molecule has 25 heavy (non-hydrogen) atoms. The predicted molar refractivity (Wildman–Crippen MR) is 95.9 cm³/mol. The molecular formula is C18H15N7. The summed E-state index contributed by atoms with van der Waals surface area (Å²) >= 11 is 0. The van der Waals surface area contributed by atoms with Gasteiger partial charge < -0.3 is 9.55 Å². The Morgan fingerprint density at radius 2 is 2.04 bits per heavy atom. The maximum absolute atomic E-state index is 4.83. The van der Waals surface area contributed by atoms with E-state index in [0.29, 0.717) is 0 Å². The molecule has 0 aliphatic heterocycles. The van der Waals surface area contributed by atoms with Crippen LogP contribution < -0.4 is 0 Å². The first-order chi connectivity index (χ1) is 12.2. The molecule has 0 fully saturated rings.